The van der Waals surface area contributed by atoms with Crippen molar-refractivity contribution in [2.75, 3.05) is 24.2 Å². The summed E-state index contributed by atoms with van der Waals surface area (Å²) in [5.74, 6) is -0.385. The van der Waals surface area contributed by atoms with Gasteiger partial charge in [0, 0.05) is 34.6 Å². The molecule has 1 aliphatic rings. The maximum absolute atomic E-state index is 13.2. The fourth-order valence-electron chi connectivity index (χ4n) is 5.14. The van der Waals surface area contributed by atoms with Gasteiger partial charge in [0.25, 0.3) is 5.91 Å². The van der Waals surface area contributed by atoms with Crippen molar-refractivity contribution in [3.05, 3.63) is 108 Å². The monoisotopic (exact) mass is 538 g/mol. The lowest BCUT2D eigenvalue weighted by Gasteiger charge is -2.32. The first-order valence-electron chi connectivity index (χ1n) is 13.1. The third-order valence-corrected chi connectivity index (χ3v) is 8.15. The Bertz CT molecular complexity index is 1490. The first-order chi connectivity index (χ1) is 19.0. The van der Waals surface area contributed by atoms with Gasteiger partial charge in [-0.3, -0.25) is 9.59 Å². The van der Waals surface area contributed by atoms with Crippen LogP contribution >= 0.6 is 11.8 Å². The van der Waals surface area contributed by atoms with Crippen LogP contribution in [0.25, 0.3) is 10.8 Å². The molecule has 6 nitrogen and oxygen atoms in total. The Morgan fingerprint density at radius 3 is 2.26 bits per heavy atom. The molecule has 7 heteroatoms. The lowest BCUT2D eigenvalue weighted by molar-refractivity contribution is -0.129. The Morgan fingerprint density at radius 2 is 1.54 bits per heavy atom. The van der Waals surface area contributed by atoms with Crippen molar-refractivity contribution in [3.8, 4) is 0 Å². The molecule has 1 saturated heterocycles. The van der Waals surface area contributed by atoms with E-state index in [9.17, 15) is 19.5 Å². The minimum atomic E-state index is -1.08. The number of anilines is 1. The molecule has 0 bridgehead atoms. The molecule has 39 heavy (non-hydrogen) atoms. The zero-order valence-electron chi connectivity index (χ0n) is 21.5. The van der Waals surface area contributed by atoms with Gasteiger partial charge in [-0.2, -0.15) is 0 Å². The second kappa shape index (κ2) is 12.2. The number of hydrogen-bond donors (Lipinski definition) is 2. The number of fused-ring (bicyclic) bond motifs is 1. The summed E-state index contributed by atoms with van der Waals surface area (Å²) in [4.78, 5) is 40.6. The molecule has 0 saturated carbocycles. The van der Waals surface area contributed by atoms with E-state index in [-0.39, 0.29) is 17.4 Å². The summed E-state index contributed by atoms with van der Waals surface area (Å²) in [5.41, 5.74) is 2.33. The molecule has 4 aromatic rings. The third-order valence-electron chi connectivity index (χ3n) is 7.17. The van der Waals surface area contributed by atoms with E-state index < -0.39 is 5.97 Å². The number of benzene rings is 4. The highest BCUT2D eigenvalue weighted by Crippen LogP contribution is 2.27. The summed E-state index contributed by atoms with van der Waals surface area (Å²) < 4.78 is 0. The number of rotatable bonds is 8. The van der Waals surface area contributed by atoms with E-state index in [0.717, 1.165) is 37.2 Å². The average molecular weight is 539 g/mol. The van der Waals surface area contributed by atoms with E-state index in [2.05, 4.69) is 29.6 Å². The molecular weight excluding hydrogens is 508 g/mol. The van der Waals surface area contributed by atoms with Crippen molar-refractivity contribution in [2.24, 2.45) is 5.92 Å². The van der Waals surface area contributed by atoms with Crippen molar-refractivity contribution in [1.82, 2.24) is 4.90 Å². The maximum atomic E-state index is 13.2. The quantitative estimate of drug-likeness (QED) is 0.255. The molecule has 1 aliphatic heterocycles. The number of carbonyl (C=O) groups excluding carboxylic acids is 2. The number of likely N-dealkylation sites (tertiary alicyclic amines) is 1. The predicted molar refractivity (Wildman–Crippen MR) is 155 cm³/mol. The first-order valence-corrected chi connectivity index (χ1v) is 14.1. The summed E-state index contributed by atoms with van der Waals surface area (Å²) in [6.45, 7) is 1.58. The molecule has 0 atom stereocenters. The van der Waals surface area contributed by atoms with Crippen LogP contribution in [0.2, 0.25) is 0 Å². The number of hydrogen-bond acceptors (Lipinski definition) is 4. The van der Waals surface area contributed by atoms with Crippen LogP contribution in [0.15, 0.2) is 95.9 Å². The van der Waals surface area contributed by atoms with E-state index in [1.807, 2.05) is 29.2 Å². The molecule has 5 rings (SSSR count). The molecule has 1 fully saturated rings. The Hall–Kier alpha value is -4.10. The van der Waals surface area contributed by atoms with Crippen LogP contribution in [0.3, 0.4) is 0 Å². The molecule has 0 radical (unpaired) electrons. The summed E-state index contributed by atoms with van der Waals surface area (Å²) >= 11 is 1.45. The van der Waals surface area contributed by atoms with Gasteiger partial charge in [0.1, 0.15) is 0 Å². The highest BCUT2D eigenvalue weighted by Gasteiger charge is 2.23. The van der Waals surface area contributed by atoms with Gasteiger partial charge in [-0.05, 0) is 66.5 Å². The smallest absolute Gasteiger partial charge is 0.336 e. The molecule has 4 aromatic carbocycles. The Labute approximate surface area is 232 Å². The third kappa shape index (κ3) is 6.49. The van der Waals surface area contributed by atoms with Crippen molar-refractivity contribution < 1.29 is 19.5 Å². The van der Waals surface area contributed by atoms with Crippen LogP contribution in [0, 0.1) is 5.92 Å². The van der Waals surface area contributed by atoms with Gasteiger partial charge in [0.2, 0.25) is 5.91 Å². The standard InChI is InChI=1S/C32H30N2O4S/c35-29(34-17-15-23(16-18-34)19-22-7-2-1-3-8-22)21-39-26-12-6-11-25(20-26)33-31(36)27-13-4-9-24-10-5-14-28(30(24)27)32(37)38/h1-14,20,23H,15-19,21H2,(H,33,36)(H,37,38). The van der Waals surface area contributed by atoms with E-state index >= 15 is 0 Å². The van der Waals surface area contributed by atoms with Crippen LogP contribution in [-0.4, -0.2) is 46.6 Å². The SMILES string of the molecule is O=C(O)c1cccc2cccc(C(=O)Nc3cccc(SCC(=O)N4CCC(Cc5ccccc5)CC4)c3)c12. The van der Waals surface area contributed by atoms with Crippen LogP contribution in [0.5, 0.6) is 0 Å². The van der Waals surface area contributed by atoms with Gasteiger partial charge in [-0.15, -0.1) is 11.8 Å². The predicted octanol–water partition coefficient (Wildman–Crippen LogP) is 6.36. The van der Waals surface area contributed by atoms with Crippen molar-refractivity contribution in [1.29, 1.82) is 0 Å². The van der Waals surface area contributed by atoms with Crippen LogP contribution in [0.1, 0.15) is 39.1 Å². The average Bonchev–Trinajstić information content (AvgIpc) is 2.96. The molecule has 0 spiro atoms. The topological polar surface area (TPSA) is 86.7 Å². The number of aromatic carboxylic acids is 1. The van der Waals surface area contributed by atoms with Crippen molar-refractivity contribution in [2.45, 2.75) is 24.2 Å². The van der Waals surface area contributed by atoms with Crippen LogP contribution in [0.4, 0.5) is 5.69 Å². The summed E-state index contributed by atoms with van der Waals surface area (Å²) in [6, 6.07) is 28.0. The van der Waals surface area contributed by atoms with Crippen LogP contribution in [-0.2, 0) is 11.2 Å². The number of piperidine rings is 1. The van der Waals surface area contributed by atoms with E-state index in [1.165, 1.54) is 23.4 Å². The number of thioether (sulfide) groups is 1. The van der Waals surface area contributed by atoms with Gasteiger partial charge >= 0.3 is 5.97 Å². The zero-order valence-corrected chi connectivity index (χ0v) is 22.3. The molecular formula is C32H30N2O4S. The molecule has 2 amide bonds. The highest BCUT2D eigenvalue weighted by molar-refractivity contribution is 8.00. The summed E-state index contributed by atoms with van der Waals surface area (Å²) in [5, 5.41) is 13.6. The number of carbonyl (C=O) groups is 3. The molecule has 0 unspecified atom stereocenters. The Kier molecular flexibility index (Phi) is 8.27. The fraction of sp³-hybridized carbons (Fsp3) is 0.219. The normalized spacial score (nSPS) is 13.8. The first kappa shape index (κ1) is 26.5. The Morgan fingerprint density at radius 1 is 0.846 bits per heavy atom. The number of carboxylic acids is 1. The minimum absolute atomic E-state index is 0.0881. The second-order valence-electron chi connectivity index (χ2n) is 9.80. The number of nitrogens with one attached hydrogen (secondary N) is 1. The summed E-state index contributed by atoms with van der Waals surface area (Å²) in [6.07, 6.45) is 3.10. The van der Waals surface area contributed by atoms with Gasteiger partial charge < -0.3 is 15.3 Å². The lowest BCUT2D eigenvalue weighted by Crippen LogP contribution is -2.39. The maximum Gasteiger partial charge on any atom is 0.336 e. The minimum Gasteiger partial charge on any atom is -0.478 e. The molecule has 0 aromatic heterocycles. The molecule has 2 N–H and O–H groups in total. The molecule has 1 heterocycles. The summed E-state index contributed by atoms with van der Waals surface area (Å²) in [7, 11) is 0. The van der Waals surface area contributed by atoms with E-state index in [1.54, 1.807) is 36.4 Å². The van der Waals surface area contributed by atoms with Gasteiger partial charge in [0.15, 0.2) is 0 Å². The van der Waals surface area contributed by atoms with Gasteiger partial charge in [-0.25, -0.2) is 4.79 Å². The van der Waals surface area contributed by atoms with Crippen molar-refractivity contribution >= 4 is 46.0 Å². The van der Waals surface area contributed by atoms with Gasteiger partial charge in [-0.1, -0.05) is 60.7 Å². The largest absolute Gasteiger partial charge is 0.478 e. The second-order valence-corrected chi connectivity index (χ2v) is 10.8. The highest BCUT2D eigenvalue weighted by atomic mass is 32.2. The van der Waals surface area contributed by atoms with E-state index in [0.29, 0.717) is 33.7 Å². The zero-order chi connectivity index (χ0) is 27.2. The van der Waals surface area contributed by atoms with Gasteiger partial charge in [0.05, 0.1) is 11.3 Å². The molecule has 0 aliphatic carbocycles. The Balaban J connectivity index is 1.17. The molecule has 198 valence electrons. The fourth-order valence-corrected chi connectivity index (χ4v) is 6.00. The van der Waals surface area contributed by atoms with E-state index in [4.69, 9.17) is 0 Å². The number of amides is 2. The number of nitrogens with zero attached hydrogens (tertiary/aromatic N) is 1. The number of carboxylic acid groups (broad SMARTS) is 1. The lowest BCUT2D eigenvalue weighted by atomic mass is 9.90. The van der Waals surface area contributed by atoms with Crippen LogP contribution < -0.4 is 5.32 Å². The van der Waals surface area contributed by atoms with Crippen molar-refractivity contribution in [3.63, 3.8) is 0 Å².